The smallest absolute Gasteiger partial charge is 0.279 e. The van der Waals surface area contributed by atoms with Crippen molar-refractivity contribution in [1.29, 1.82) is 0 Å². The van der Waals surface area contributed by atoms with Crippen molar-refractivity contribution in [3.8, 4) is 5.75 Å². The average molecular weight is 393 g/mol. The predicted molar refractivity (Wildman–Crippen MR) is 110 cm³/mol. The van der Waals surface area contributed by atoms with Crippen LogP contribution in [0.2, 0.25) is 0 Å². The number of hydrogen-bond donors (Lipinski definition) is 4. The lowest BCUT2D eigenvalue weighted by molar-refractivity contribution is -0.930. The van der Waals surface area contributed by atoms with Crippen LogP contribution in [-0.2, 0) is 9.59 Å². The lowest BCUT2D eigenvalue weighted by Crippen LogP contribution is -3.18. The summed E-state index contributed by atoms with van der Waals surface area (Å²) >= 11 is 0. The van der Waals surface area contributed by atoms with Gasteiger partial charge >= 0.3 is 0 Å². The number of benzene rings is 1. The van der Waals surface area contributed by atoms with Crippen LogP contribution in [0.4, 0.5) is 5.69 Å². The molecule has 156 valence electrons. The molecule has 28 heavy (non-hydrogen) atoms. The Morgan fingerprint density at radius 2 is 1.61 bits per heavy atom. The lowest BCUT2D eigenvalue weighted by atomic mass is 10.1. The number of anilines is 1. The van der Waals surface area contributed by atoms with E-state index in [-0.39, 0.29) is 17.4 Å². The monoisotopic (exact) mass is 392 g/mol. The summed E-state index contributed by atoms with van der Waals surface area (Å²) in [7, 11) is 0. The summed E-state index contributed by atoms with van der Waals surface area (Å²) in [5.41, 5.74) is 0.518. The summed E-state index contributed by atoms with van der Waals surface area (Å²) in [6.45, 7) is 13.1. The molecule has 1 aliphatic rings. The van der Waals surface area contributed by atoms with Crippen LogP contribution in [-0.4, -0.2) is 63.2 Å². The molecule has 1 aromatic rings. The fraction of sp³-hybridized carbons (Fsp3) is 0.619. The molecule has 1 heterocycles. The van der Waals surface area contributed by atoms with Crippen LogP contribution in [0.15, 0.2) is 24.3 Å². The van der Waals surface area contributed by atoms with E-state index in [1.165, 1.54) is 9.80 Å². The molecule has 2 amide bonds. The molecule has 0 aliphatic carbocycles. The van der Waals surface area contributed by atoms with Gasteiger partial charge < -0.3 is 25.2 Å². The SMILES string of the molecule is CCOc1ccccc1NC(=O)C[NH+]1CCC[NH+](CC(=O)NC(C)(C)C)CC1. The molecule has 2 rings (SSSR count). The van der Waals surface area contributed by atoms with E-state index in [1.807, 2.05) is 52.0 Å². The molecular formula is C21H36N4O3+2. The summed E-state index contributed by atoms with van der Waals surface area (Å²) in [6.07, 6.45) is 1.01. The normalized spacial score (nSPS) is 20.1. The van der Waals surface area contributed by atoms with Gasteiger partial charge in [-0.25, -0.2) is 0 Å². The third-order valence-electron chi connectivity index (χ3n) is 4.69. The van der Waals surface area contributed by atoms with Crippen molar-refractivity contribution in [3.63, 3.8) is 0 Å². The van der Waals surface area contributed by atoms with E-state index >= 15 is 0 Å². The minimum absolute atomic E-state index is 0.00363. The van der Waals surface area contributed by atoms with E-state index in [2.05, 4.69) is 10.6 Å². The second-order valence-electron chi connectivity index (χ2n) is 8.48. The summed E-state index contributed by atoms with van der Waals surface area (Å²) in [6, 6.07) is 7.51. The highest BCUT2D eigenvalue weighted by Gasteiger charge is 2.25. The second-order valence-corrected chi connectivity index (χ2v) is 8.48. The molecule has 2 atom stereocenters. The third kappa shape index (κ3) is 7.86. The van der Waals surface area contributed by atoms with Crippen molar-refractivity contribution in [3.05, 3.63) is 24.3 Å². The van der Waals surface area contributed by atoms with Crippen molar-refractivity contribution in [2.75, 3.05) is 51.2 Å². The van der Waals surface area contributed by atoms with Gasteiger partial charge in [0.2, 0.25) is 0 Å². The first kappa shape index (κ1) is 22.2. The summed E-state index contributed by atoms with van der Waals surface area (Å²) < 4.78 is 5.57. The molecule has 1 aromatic carbocycles. The predicted octanol–water partition coefficient (Wildman–Crippen LogP) is -0.888. The molecule has 2 unspecified atom stereocenters. The van der Waals surface area contributed by atoms with Crippen molar-refractivity contribution in [1.82, 2.24) is 5.32 Å². The van der Waals surface area contributed by atoms with E-state index < -0.39 is 0 Å². The van der Waals surface area contributed by atoms with E-state index in [9.17, 15) is 9.59 Å². The molecule has 0 aromatic heterocycles. The topological polar surface area (TPSA) is 76.3 Å². The van der Waals surface area contributed by atoms with E-state index in [0.29, 0.717) is 25.4 Å². The van der Waals surface area contributed by atoms with Crippen molar-refractivity contribution < 1.29 is 24.1 Å². The Balaban J connectivity index is 1.81. The second kappa shape index (κ2) is 10.4. The molecule has 0 saturated carbocycles. The van der Waals surface area contributed by atoms with Gasteiger partial charge in [-0.15, -0.1) is 0 Å². The van der Waals surface area contributed by atoms with Crippen LogP contribution in [0.3, 0.4) is 0 Å². The van der Waals surface area contributed by atoms with Gasteiger partial charge in [-0.3, -0.25) is 9.59 Å². The van der Waals surface area contributed by atoms with Gasteiger partial charge in [0.15, 0.2) is 13.1 Å². The zero-order valence-electron chi connectivity index (χ0n) is 17.7. The van der Waals surface area contributed by atoms with Crippen molar-refractivity contribution >= 4 is 17.5 Å². The molecular weight excluding hydrogens is 356 g/mol. The number of carbonyl (C=O) groups is 2. The maximum Gasteiger partial charge on any atom is 0.279 e. The molecule has 7 nitrogen and oxygen atoms in total. The van der Waals surface area contributed by atoms with E-state index in [1.54, 1.807) is 0 Å². The minimum Gasteiger partial charge on any atom is -0.492 e. The van der Waals surface area contributed by atoms with Crippen LogP contribution in [0.1, 0.15) is 34.1 Å². The number of quaternary nitrogens is 2. The highest BCUT2D eigenvalue weighted by molar-refractivity contribution is 5.92. The number of ether oxygens (including phenoxy) is 1. The van der Waals surface area contributed by atoms with Crippen LogP contribution in [0, 0.1) is 0 Å². The minimum atomic E-state index is -0.199. The standard InChI is InChI=1S/C21H34N4O3/c1-5-28-18-10-7-6-9-17(18)22-19(26)15-24-11-8-12-25(14-13-24)16-20(27)23-21(2,3)4/h6-7,9-10H,5,8,11-16H2,1-4H3,(H,22,26)(H,23,27)/p+2. The summed E-state index contributed by atoms with van der Waals surface area (Å²) in [4.78, 5) is 27.2. The van der Waals surface area contributed by atoms with Gasteiger partial charge in [-0.05, 0) is 39.8 Å². The van der Waals surface area contributed by atoms with Crippen LogP contribution in [0.25, 0.3) is 0 Å². The van der Waals surface area contributed by atoms with Gasteiger partial charge in [0, 0.05) is 12.0 Å². The zero-order valence-corrected chi connectivity index (χ0v) is 17.7. The quantitative estimate of drug-likeness (QED) is 0.486. The van der Waals surface area contributed by atoms with Gasteiger partial charge in [0.05, 0.1) is 25.4 Å². The Hall–Kier alpha value is -2.12. The first-order valence-electron chi connectivity index (χ1n) is 10.3. The van der Waals surface area contributed by atoms with Crippen LogP contribution >= 0.6 is 0 Å². The first-order chi connectivity index (χ1) is 13.3. The molecule has 0 radical (unpaired) electrons. The third-order valence-corrected chi connectivity index (χ3v) is 4.69. The van der Waals surface area contributed by atoms with Gasteiger partial charge in [0.25, 0.3) is 11.8 Å². The number of amides is 2. The van der Waals surface area contributed by atoms with Crippen molar-refractivity contribution in [2.45, 2.75) is 39.7 Å². The Kier molecular flexibility index (Phi) is 8.26. The highest BCUT2D eigenvalue weighted by Crippen LogP contribution is 2.23. The molecule has 1 saturated heterocycles. The molecule has 0 spiro atoms. The van der Waals surface area contributed by atoms with Gasteiger partial charge in [0.1, 0.15) is 18.8 Å². The summed E-state index contributed by atoms with van der Waals surface area (Å²) in [5, 5.41) is 6.01. The largest absolute Gasteiger partial charge is 0.492 e. The maximum absolute atomic E-state index is 12.5. The highest BCUT2D eigenvalue weighted by atomic mass is 16.5. The van der Waals surface area contributed by atoms with Crippen LogP contribution < -0.4 is 25.2 Å². The molecule has 4 N–H and O–H groups in total. The van der Waals surface area contributed by atoms with Crippen LogP contribution in [0.5, 0.6) is 5.75 Å². The molecule has 7 heteroatoms. The number of carbonyl (C=O) groups excluding carboxylic acids is 2. The number of nitrogens with one attached hydrogen (secondary N) is 4. The van der Waals surface area contributed by atoms with Gasteiger partial charge in [-0.1, -0.05) is 12.1 Å². The maximum atomic E-state index is 12.5. The Morgan fingerprint density at radius 3 is 2.21 bits per heavy atom. The summed E-state index contributed by atoms with van der Waals surface area (Å²) in [5.74, 6) is 0.789. The first-order valence-corrected chi connectivity index (χ1v) is 10.3. The molecule has 1 aliphatic heterocycles. The Labute approximate surface area is 168 Å². The van der Waals surface area contributed by atoms with Gasteiger partial charge in [-0.2, -0.15) is 0 Å². The van der Waals surface area contributed by atoms with E-state index in [4.69, 9.17) is 4.74 Å². The van der Waals surface area contributed by atoms with Crippen molar-refractivity contribution in [2.24, 2.45) is 0 Å². The number of hydrogen-bond acceptors (Lipinski definition) is 3. The Morgan fingerprint density at radius 1 is 1.00 bits per heavy atom. The number of para-hydroxylation sites is 2. The van der Waals surface area contributed by atoms with E-state index in [0.717, 1.165) is 38.3 Å². The lowest BCUT2D eigenvalue weighted by Gasteiger charge is -2.22. The number of rotatable bonds is 7. The fourth-order valence-electron chi connectivity index (χ4n) is 3.51. The Bertz CT molecular complexity index is 657. The average Bonchev–Trinajstić information content (AvgIpc) is 2.80. The fourth-order valence-corrected chi connectivity index (χ4v) is 3.51. The molecule has 1 fully saturated rings. The molecule has 0 bridgehead atoms. The zero-order chi connectivity index (χ0) is 20.6.